The molecule has 0 aliphatic heterocycles. The Kier molecular flexibility index (Phi) is 4.33. The van der Waals surface area contributed by atoms with Crippen molar-refractivity contribution in [3.8, 4) is 5.75 Å². The summed E-state index contributed by atoms with van der Waals surface area (Å²) < 4.78 is 5.69. The molecule has 0 saturated carbocycles. The van der Waals surface area contributed by atoms with E-state index in [1.165, 1.54) is 5.56 Å². The smallest absolute Gasteiger partial charge is 0.121 e. The molecular formula is C16H18ClNO. The molecule has 0 bridgehead atoms. The summed E-state index contributed by atoms with van der Waals surface area (Å²) in [6.45, 7) is 4.89. The fraction of sp³-hybridized carbons (Fsp3) is 0.250. The first-order valence-electron chi connectivity index (χ1n) is 6.33. The van der Waals surface area contributed by atoms with Gasteiger partial charge in [0.2, 0.25) is 0 Å². The second kappa shape index (κ2) is 5.98. The van der Waals surface area contributed by atoms with Crippen LogP contribution < -0.4 is 10.5 Å². The van der Waals surface area contributed by atoms with Gasteiger partial charge in [0.1, 0.15) is 12.4 Å². The molecule has 2 nitrogen and oxygen atoms in total. The standard InChI is InChI=1S/C16H18ClNO/c1-11(2)13-5-3-12(4-6-13)10-19-14-7-8-16(18)15(17)9-14/h3-9,11H,10,18H2,1-2H3. The molecule has 0 aliphatic rings. The van der Waals surface area contributed by atoms with Crippen LogP contribution in [-0.4, -0.2) is 0 Å². The SMILES string of the molecule is CC(C)c1ccc(COc2ccc(N)c(Cl)c2)cc1. The molecule has 0 radical (unpaired) electrons. The highest BCUT2D eigenvalue weighted by molar-refractivity contribution is 6.33. The quantitative estimate of drug-likeness (QED) is 0.826. The van der Waals surface area contributed by atoms with E-state index in [4.69, 9.17) is 22.1 Å². The summed E-state index contributed by atoms with van der Waals surface area (Å²) in [5.74, 6) is 1.28. The second-order valence-corrected chi connectivity index (χ2v) is 5.28. The van der Waals surface area contributed by atoms with Gasteiger partial charge in [0.05, 0.1) is 10.7 Å². The minimum atomic E-state index is 0.521. The van der Waals surface area contributed by atoms with E-state index in [2.05, 4.69) is 38.1 Å². The highest BCUT2D eigenvalue weighted by Crippen LogP contribution is 2.25. The summed E-state index contributed by atoms with van der Waals surface area (Å²) in [4.78, 5) is 0. The van der Waals surface area contributed by atoms with Crippen molar-refractivity contribution in [3.05, 3.63) is 58.6 Å². The third kappa shape index (κ3) is 3.65. The average molecular weight is 276 g/mol. The van der Waals surface area contributed by atoms with Gasteiger partial charge in [-0.25, -0.2) is 0 Å². The van der Waals surface area contributed by atoms with Gasteiger partial charge in [-0.1, -0.05) is 49.7 Å². The van der Waals surface area contributed by atoms with Gasteiger partial charge in [0, 0.05) is 6.07 Å². The van der Waals surface area contributed by atoms with Crippen molar-refractivity contribution in [1.29, 1.82) is 0 Å². The molecule has 0 heterocycles. The molecular weight excluding hydrogens is 258 g/mol. The normalized spacial score (nSPS) is 10.7. The van der Waals surface area contributed by atoms with Crippen LogP contribution in [0.4, 0.5) is 5.69 Å². The molecule has 0 unspecified atom stereocenters. The van der Waals surface area contributed by atoms with Gasteiger partial charge in [0.15, 0.2) is 0 Å². The maximum absolute atomic E-state index is 5.95. The number of hydrogen-bond donors (Lipinski definition) is 1. The first kappa shape index (κ1) is 13.8. The lowest BCUT2D eigenvalue weighted by molar-refractivity contribution is 0.306. The molecule has 100 valence electrons. The molecule has 0 saturated heterocycles. The van der Waals surface area contributed by atoms with Crippen LogP contribution in [-0.2, 0) is 6.61 Å². The van der Waals surface area contributed by atoms with E-state index < -0.39 is 0 Å². The van der Waals surface area contributed by atoms with Crippen molar-refractivity contribution in [3.63, 3.8) is 0 Å². The maximum atomic E-state index is 5.95. The Bertz CT molecular complexity index is 549. The number of rotatable bonds is 4. The third-order valence-electron chi connectivity index (χ3n) is 3.02. The Balaban J connectivity index is 2.00. The van der Waals surface area contributed by atoms with E-state index >= 15 is 0 Å². The first-order valence-corrected chi connectivity index (χ1v) is 6.70. The fourth-order valence-electron chi connectivity index (χ4n) is 1.76. The van der Waals surface area contributed by atoms with E-state index in [1.54, 1.807) is 12.1 Å². The zero-order valence-corrected chi connectivity index (χ0v) is 11.9. The van der Waals surface area contributed by atoms with Gasteiger partial charge in [0.25, 0.3) is 0 Å². The third-order valence-corrected chi connectivity index (χ3v) is 3.35. The summed E-state index contributed by atoms with van der Waals surface area (Å²) in [7, 11) is 0. The Morgan fingerprint density at radius 1 is 1.11 bits per heavy atom. The topological polar surface area (TPSA) is 35.2 Å². The van der Waals surface area contributed by atoms with Crippen LogP contribution in [0.15, 0.2) is 42.5 Å². The molecule has 0 spiro atoms. The summed E-state index contributed by atoms with van der Waals surface area (Å²) in [5, 5.41) is 0.521. The molecule has 2 aromatic rings. The Morgan fingerprint density at radius 2 is 1.79 bits per heavy atom. The molecule has 2 aromatic carbocycles. The van der Waals surface area contributed by atoms with Gasteiger partial charge in [-0.05, 0) is 29.2 Å². The Morgan fingerprint density at radius 3 is 2.37 bits per heavy atom. The van der Waals surface area contributed by atoms with Gasteiger partial charge >= 0.3 is 0 Å². The Hall–Kier alpha value is -1.67. The maximum Gasteiger partial charge on any atom is 0.121 e. The van der Waals surface area contributed by atoms with Crippen molar-refractivity contribution in [2.24, 2.45) is 0 Å². The molecule has 0 aromatic heterocycles. The van der Waals surface area contributed by atoms with Crippen molar-refractivity contribution in [2.45, 2.75) is 26.4 Å². The summed E-state index contributed by atoms with van der Waals surface area (Å²) in [5.41, 5.74) is 8.69. The van der Waals surface area contributed by atoms with Crippen LogP contribution in [0.25, 0.3) is 0 Å². The zero-order valence-electron chi connectivity index (χ0n) is 11.2. The molecule has 2 N–H and O–H groups in total. The van der Waals surface area contributed by atoms with E-state index in [9.17, 15) is 0 Å². The van der Waals surface area contributed by atoms with Gasteiger partial charge < -0.3 is 10.5 Å². The van der Waals surface area contributed by atoms with Crippen molar-refractivity contribution < 1.29 is 4.74 Å². The molecule has 2 rings (SSSR count). The number of nitrogens with two attached hydrogens (primary N) is 1. The lowest BCUT2D eigenvalue weighted by Crippen LogP contribution is -1.97. The van der Waals surface area contributed by atoms with Gasteiger partial charge in [-0.3, -0.25) is 0 Å². The van der Waals surface area contributed by atoms with Crippen LogP contribution >= 0.6 is 11.6 Å². The largest absolute Gasteiger partial charge is 0.489 e. The average Bonchev–Trinajstić information content (AvgIpc) is 2.40. The van der Waals surface area contributed by atoms with E-state index in [0.717, 1.165) is 11.3 Å². The second-order valence-electron chi connectivity index (χ2n) is 4.87. The number of anilines is 1. The summed E-state index contributed by atoms with van der Waals surface area (Å²) >= 11 is 5.95. The predicted octanol–water partition coefficient (Wildman–Crippen LogP) is 4.62. The van der Waals surface area contributed by atoms with Crippen LogP contribution in [0.3, 0.4) is 0 Å². The number of benzene rings is 2. The minimum absolute atomic E-state index is 0.521. The van der Waals surface area contributed by atoms with Gasteiger partial charge in [-0.15, -0.1) is 0 Å². The minimum Gasteiger partial charge on any atom is -0.489 e. The number of ether oxygens (including phenoxy) is 1. The van der Waals surface area contributed by atoms with Crippen molar-refractivity contribution in [2.75, 3.05) is 5.73 Å². The van der Waals surface area contributed by atoms with E-state index in [0.29, 0.717) is 23.2 Å². The van der Waals surface area contributed by atoms with Crippen molar-refractivity contribution >= 4 is 17.3 Å². The summed E-state index contributed by atoms with van der Waals surface area (Å²) in [6.07, 6.45) is 0. The monoisotopic (exact) mass is 275 g/mol. The highest BCUT2D eigenvalue weighted by atomic mass is 35.5. The highest BCUT2D eigenvalue weighted by Gasteiger charge is 2.02. The fourth-order valence-corrected chi connectivity index (χ4v) is 1.93. The molecule has 0 aliphatic carbocycles. The molecule has 0 amide bonds. The molecule has 19 heavy (non-hydrogen) atoms. The number of hydrogen-bond acceptors (Lipinski definition) is 2. The van der Waals surface area contributed by atoms with Crippen LogP contribution in [0.2, 0.25) is 5.02 Å². The first-order chi connectivity index (χ1) is 9.06. The van der Waals surface area contributed by atoms with E-state index in [1.807, 2.05) is 6.07 Å². The predicted molar refractivity (Wildman–Crippen MR) is 80.7 cm³/mol. The number of halogens is 1. The lowest BCUT2D eigenvalue weighted by atomic mass is 10.0. The lowest BCUT2D eigenvalue weighted by Gasteiger charge is -2.09. The van der Waals surface area contributed by atoms with E-state index in [-0.39, 0.29) is 0 Å². The van der Waals surface area contributed by atoms with Crippen LogP contribution in [0.5, 0.6) is 5.75 Å². The molecule has 3 heteroatoms. The van der Waals surface area contributed by atoms with Crippen LogP contribution in [0.1, 0.15) is 30.9 Å². The summed E-state index contributed by atoms with van der Waals surface area (Å²) in [6, 6.07) is 13.8. The molecule has 0 atom stereocenters. The Labute approximate surface area is 119 Å². The van der Waals surface area contributed by atoms with Gasteiger partial charge in [-0.2, -0.15) is 0 Å². The zero-order chi connectivity index (χ0) is 13.8. The van der Waals surface area contributed by atoms with Crippen LogP contribution in [0, 0.1) is 0 Å². The number of nitrogen functional groups attached to an aromatic ring is 1. The molecule has 0 fully saturated rings. The van der Waals surface area contributed by atoms with Crippen molar-refractivity contribution in [1.82, 2.24) is 0 Å².